The molecule has 4 rings (SSSR count). The van der Waals surface area contributed by atoms with E-state index in [1.165, 1.54) is 5.56 Å². The second-order valence-electron chi connectivity index (χ2n) is 4.71. The molecule has 3 heteroatoms. The zero-order valence-corrected chi connectivity index (χ0v) is 8.39. The smallest absolute Gasteiger partial charge is 0.307 e. The van der Waals surface area contributed by atoms with Crippen LogP contribution < -0.4 is 0 Å². The standard InChI is InChI=1S/C12H13NO2/c14-11(15)10-8-1-4-12(10,7-8)9-2-5-13-6-3-9/h2-3,5-6,8,10H,1,4,7H2,(H,14,15). The fraction of sp³-hybridized carbons (Fsp3) is 0.500. The minimum atomic E-state index is -0.624. The number of pyridine rings is 1. The molecule has 3 nitrogen and oxygen atoms in total. The highest BCUT2D eigenvalue weighted by Crippen LogP contribution is 2.63. The van der Waals surface area contributed by atoms with Crippen molar-refractivity contribution in [2.45, 2.75) is 24.7 Å². The minimum Gasteiger partial charge on any atom is -0.481 e. The van der Waals surface area contributed by atoms with E-state index in [9.17, 15) is 9.90 Å². The van der Waals surface area contributed by atoms with Gasteiger partial charge in [-0.2, -0.15) is 0 Å². The van der Waals surface area contributed by atoms with Crippen LogP contribution in [0.25, 0.3) is 0 Å². The fourth-order valence-electron chi connectivity index (χ4n) is 3.54. The van der Waals surface area contributed by atoms with Crippen molar-refractivity contribution in [3.63, 3.8) is 0 Å². The van der Waals surface area contributed by atoms with Crippen molar-refractivity contribution < 1.29 is 9.90 Å². The van der Waals surface area contributed by atoms with E-state index < -0.39 is 5.97 Å². The molecular formula is C12H13NO2. The first-order valence-electron chi connectivity index (χ1n) is 5.37. The van der Waals surface area contributed by atoms with Crippen LogP contribution in [0.3, 0.4) is 0 Å². The van der Waals surface area contributed by atoms with E-state index in [1.54, 1.807) is 12.4 Å². The number of aliphatic carboxylic acids is 1. The summed E-state index contributed by atoms with van der Waals surface area (Å²) in [6, 6.07) is 3.94. The number of hydrogen-bond acceptors (Lipinski definition) is 2. The molecule has 0 aliphatic heterocycles. The van der Waals surface area contributed by atoms with Gasteiger partial charge in [-0.1, -0.05) is 0 Å². The van der Waals surface area contributed by atoms with Crippen LogP contribution in [0.4, 0.5) is 0 Å². The van der Waals surface area contributed by atoms with Crippen LogP contribution in [0.2, 0.25) is 0 Å². The molecule has 3 aliphatic carbocycles. The first kappa shape index (κ1) is 8.89. The molecule has 3 saturated carbocycles. The number of aromatic nitrogens is 1. The average Bonchev–Trinajstić information content (AvgIpc) is 2.76. The molecule has 1 aromatic rings. The number of hydrogen-bond donors (Lipinski definition) is 1. The van der Waals surface area contributed by atoms with Gasteiger partial charge >= 0.3 is 5.97 Å². The topological polar surface area (TPSA) is 50.2 Å². The molecule has 0 aromatic carbocycles. The highest BCUT2D eigenvalue weighted by Gasteiger charge is 2.62. The monoisotopic (exact) mass is 203 g/mol. The Hall–Kier alpha value is -1.38. The molecule has 3 fully saturated rings. The highest BCUT2D eigenvalue weighted by molar-refractivity contribution is 5.75. The van der Waals surface area contributed by atoms with Gasteiger partial charge in [0, 0.05) is 17.8 Å². The Labute approximate surface area is 88.1 Å². The van der Waals surface area contributed by atoms with Crippen LogP contribution in [0, 0.1) is 11.8 Å². The van der Waals surface area contributed by atoms with E-state index >= 15 is 0 Å². The van der Waals surface area contributed by atoms with Gasteiger partial charge in [0.1, 0.15) is 0 Å². The Kier molecular flexibility index (Phi) is 1.67. The molecule has 1 heterocycles. The third-order valence-electron chi connectivity index (χ3n) is 4.18. The largest absolute Gasteiger partial charge is 0.481 e. The van der Waals surface area contributed by atoms with E-state index in [1.807, 2.05) is 12.1 Å². The van der Waals surface area contributed by atoms with Crippen LogP contribution in [-0.4, -0.2) is 16.1 Å². The average molecular weight is 203 g/mol. The lowest BCUT2D eigenvalue weighted by Gasteiger charge is -2.45. The van der Waals surface area contributed by atoms with E-state index in [0.717, 1.165) is 19.3 Å². The van der Waals surface area contributed by atoms with Gasteiger partial charge in [-0.3, -0.25) is 9.78 Å². The van der Waals surface area contributed by atoms with Crippen molar-refractivity contribution in [1.82, 2.24) is 4.98 Å². The maximum absolute atomic E-state index is 11.2. The van der Waals surface area contributed by atoms with Crippen LogP contribution in [0.5, 0.6) is 0 Å². The molecule has 0 radical (unpaired) electrons. The van der Waals surface area contributed by atoms with E-state index in [2.05, 4.69) is 4.98 Å². The number of nitrogens with zero attached hydrogens (tertiary/aromatic N) is 1. The summed E-state index contributed by atoms with van der Waals surface area (Å²) in [7, 11) is 0. The molecule has 1 aromatic heterocycles. The summed E-state index contributed by atoms with van der Waals surface area (Å²) < 4.78 is 0. The van der Waals surface area contributed by atoms with Crippen molar-refractivity contribution in [2.75, 3.05) is 0 Å². The Bertz CT molecular complexity index is 399. The SMILES string of the molecule is O=C(O)C1C2CCC1(c1ccncc1)C2. The predicted octanol–water partition coefficient (Wildman–Crippen LogP) is 1.83. The predicted molar refractivity (Wildman–Crippen MR) is 54.4 cm³/mol. The number of carboxylic acids is 1. The van der Waals surface area contributed by atoms with Gasteiger partial charge in [0.2, 0.25) is 0 Å². The van der Waals surface area contributed by atoms with Crippen molar-refractivity contribution in [1.29, 1.82) is 0 Å². The van der Waals surface area contributed by atoms with Gasteiger partial charge in [0.25, 0.3) is 0 Å². The van der Waals surface area contributed by atoms with Gasteiger partial charge in [-0.15, -0.1) is 0 Å². The molecule has 15 heavy (non-hydrogen) atoms. The maximum atomic E-state index is 11.2. The molecule has 1 N–H and O–H groups in total. The molecule has 0 spiro atoms. The minimum absolute atomic E-state index is 0.0700. The summed E-state index contributed by atoms with van der Waals surface area (Å²) >= 11 is 0. The molecule has 3 aliphatic rings. The van der Waals surface area contributed by atoms with Crippen molar-refractivity contribution in [3.8, 4) is 0 Å². The van der Waals surface area contributed by atoms with Crippen molar-refractivity contribution in [3.05, 3.63) is 30.1 Å². The molecular weight excluding hydrogens is 190 g/mol. The summed E-state index contributed by atoms with van der Waals surface area (Å²) in [6.45, 7) is 0. The van der Waals surface area contributed by atoms with Crippen LogP contribution in [0.1, 0.15) is 24.8 Å². The summed E-state index contributed by atoms with van der Waals surface area (Å²) in [4.78, 5) is 15.2. The zero-order chi connectivity index (χ0) is 10.5. The molecule has 0 amide bonds. The van der Waals surface area contributed by atoms with Gasteiger partial charge in [-0.05, 0) is 42.9 Å². The van der Waals surface area contributed by atoms with E-state index in [4.69, 9.17) is 0 Å². The summed E-state index contributed by atoms with van der Waals surface area (Å²) in [6.07, 6.45) is 6.66. The first-order valence-corrected chi connectivity index (χ1v) is 5.37. The molecule has 3 atom stereocenters. The molecule has 2 bridgehead atoms. The Morgan fingerprint density at radius 2 is 2.20 bits per heavy atom. The van der Waals surface area contributed by atoms with Gasteiger partial charge in [0.05, 0.1) is 5.92 Å². The molecule has 3 unspecified atom stereocenters. The van der Waals surface area contributed by atoms with E-state index in [0.29, 0.717) is 5.92 Å². The quantitative estimate of drug-likeness (QED) is 0.797. The van der Waals surface area contributed by atoms with E-state index in [-0.39, 0.29) is 11.3 Å². The van der Waals surface area contributed by atoms with Crippen molar-refractivity contribution >= 4 is 5.97 Å². The highest BCUT2D eigenvalue weighted by atomic mass is 16.4. The number of carboxylic acid groups (broad SMARTS) is 1. The van der Waals surface area contributed by atoms with Gasteiger partial charge in [0.15, 0.2) is 0 Å². The fourth-order valence-corrected chi connectivity index (χ4v) is 3.54. The molecule has 78 valence electrons. The van der Waals surface area contributed by atoms with Crippen LogP contribution >= 0.6 is 0 Å². The second-order valence-corrected chi connectivity index (χ2v) is 4.71. The Balaban J connectivity index is 2.02. The van der Waals surface area contributed by atoms with Crippen LogP contribution in [-0.2, 0) is 10.2 Å². The number of fused-ring (bicyclic) bond motifs is 1. The summed E-state index contributed by atoms with van der Waals surface area (Å²) in [5.41, 5.74) is 1.10. The van der Waals surface area contributed by atoms with Crippen LogP contribution in [0.15, 0.2) is 24.5 Å². The third kappa shape index (κ3) is 1.01. The lowest BCUT2D eigenvalue weighted by atomic mass is 9.57. The number of carbonyl (C=O) groups is 1. The first-order chi connectivity index (χ1) is 7.24. The molecule has 0 saturated heterocycles. The lowest BCUT2D eigenvalue weighted by molar-refractivity contribution is -0.150. The third-order valence-corrected chi connectivity index (χ3v) is 4.18. The summed E-state index contributed by atoms with van der Waals surface area (Å²) in [5.74, 6) is -0.365. The Morgan fingerprint density at radius 3 is 2.80 bits per heavy atom. The lowest BCUT2D eigenvalue weighted by Crippen LogP contribution is -2.48. The number of rotatable bonds is 2. The van der Waals surface area contributed by atoms with Gasteiger partial charge < -0.3 is 5.11 Å². The summed E-state index contributed by atoms with van der Waals surface area (Å²) in [5, 5.41) is 9.22. The normalized spacial score (nSPS) is 37.3. The second kappa shape index (κ2) is 2.81. The Morgan fingerprint density at radius 1 is 1.47 bits per heavy atom. The van der Waals surface area contributed by atoms with Crippen molar-refractivity contribution in [2.24, 2.45) is 11.8 Å². The maximum Gasteiger partial charge on any atom is 0.307 e. The van der Waals surface area contributed by atoms with Gasteiger partial charge in [-0.25, -0.2) is 0 Å². The zero-order valence-electron chi connectivity index (χ0n) is 8.39.